The van der Waals surface area contributed by atoms with E-state index in [-0.39, 0.29) is 11.8 Å². The first-order valence-electron chi connectivity index (χ1n) is 6.87. The van der Waals surface area contributed by atoms with Gasteiger partial charge in [-0.3, -0.25) is 9.59 Å². The fourth-order valence-corrected chi connectivity index (χ4v) is 2.34. The predicted molar refractivity (Wildman–Crippen MR) is 76.4 cm³/mol. The number of amides is 2. The highest BCUT2D eigenvalue weighted by Crippen LogP contribution is 2.24. The molecule has 2 amide bonds. The van der Waals surface area contributed by atoms with Crippen LogP contribution in [0.4, 0.5) is 5.69 Å². The Bertz CT molecular complexity index is 461. The van der Waals surface area contributed by atoms with Crippen molar-refractivity contribution in [3.8, 4) is 0 Å². The van der Waals surface area contributed by atoms with Crippen molar-refractivity contribution in [3.63, 3.8) is 0 Å². The van der Waals surface area contributed by atoms with Gasteiger partial charge < -0.3 is 15.0 Å². The normalized spacial score (nSPS) is 18.4. The van der Waals surface area contributed by atoms with Gasteiger partial charge in [-0.2, -0.15) is 0 Å². The van der Waals surface area contributed by atoms with E-state index in [1.807, 2.05) is 30.3 Å². The van der Waals surface area contributed by atoms with Crippen molar-refractivity contribution < 1.29 is 14.3 Å². The van der Waals surface area contributed by atoms with E-state index in [9.17, 15) is 9.59 Å². The molecule has 0 bridgehead atoms. The fraction of sp³-hybridized carbons (Fsp3) is 0.467. The number of carbonyl (C=O) groups excluding carboxylic acids is 2. The summed E-state index contributed by atoms with van der Waals surface area (Å²) in [5, 5.41) is 2.80. The topological polar surface area (TPSA) is 58.6 Å². The quantitative estimate of drug-likeness (QED) is 0.627. The van der Waals surface area contributed by atoms with Crippen molar-refractivity contribution in [3.05, 3.63) is 30.3 Å². The van der Waals surface area contributed by atoms with E-state index in [4.69, 9.17) is 4.74 Å². The molecular weight excluding hydrogens is 256 g/mol. The number of anilines is 1. The lowest BCUT2D eigenvalue weighted by Crippen LogP contribution is -2.37. The summed E-state index contributed by atoms with van der Waals surface area (Å²) in [5.41, 5.74) is 0.854. The molecule has 1 heterocycles. The number of hydrogen-bond donors (Lipinski definition) is 1. The van der Waals surface area contributed by atoms with Crippen molar-refractivity contribution in [2.75, 3.05) is 31.7 Å². The molecule has 0 radical (unpaired) electrons. The summed E-state index contributed by atoms with van der Waals surface area (Å²) in [6.07, 6.45) is 1.33. The standard InChI is InChI=1S/C15H20N2O3/c1-20-11-5-9-16-14(18)13-8-10-17(15(13)19)12-6-3-2-4-7-12/h2-4,6-7,13H,5,8-11H2,1H3,(H,16,18)/t13-/m0/s1. The van der Waals surface area contributed by atoms with Crippen LogP contribution in [-0.4, -0.2) is 38.6 Å². The lowest BCUT2D eigenvalue weighted by molar-refractivity contribution is -0.132. The van der Waals surface area contributed by atoms with Crippen LogP contribution in [0.15, 0.2) is 30.3 Å². The number of methoxy groups -OCH3 is 1. The van der Waals surface area contributed by atoms with Gasteiger partial charge in [0.25, 0.3) is 0 Å². The SMILES string of the molecule is COCCCNC(=O)[C@@H]1CCN(c2ccccc2)C1=O. The van der Waals surface area contributed by atoms with Crippen molar-refractivity contribution in [2.24, 2.45) is 5.92 Å². The van der Waals surface area contributed by atoms with Crippen LogP contribution in [0.2, 0.25) is 0 Å². The first kappa shape index (κ1) is 14.5. The molecule has 1 atom stereocenters. The molecule has 20 heavy (non-hydrogen) atoms. The Morgan fingerprint density at radius 2 is 2.15 bits per heavy atom. The van der Waals surface area contributed by atoms with Crippen LogP contribution < -0.4 is 10.2 Å². The molecule has 1 aromatic rings. The van der Waals surface area contributed by atoms with Gasteiger partial charge in [0.2, 0.25) is 11.8 Å². The van der Waals surface area contributed by atoms with Crippen LogP contribution in [0.1, 0.15) is 12.8 Å². The van der Waals surface area contributed by atoms with Gasteiger partial charge in [0.1, 0.15) is 5.92 Å². The van der Waals surface area contributed by atoms with Crippen LogP contribution >= 0.6 is 0 Å². The number of carbonyl (C=O) groups is 2. The number of benzene rings is 1. The number of hydrogen-bond acceptors (Lipinski definition) is 3. The maximum atomic E-state index is 12.3. The molecule has 108 valence electrons. The summed E-state index contributed by atoms with van der Waals surface area (Å²) in [5.74, 6) is -0.845. The summed E-state index contributed by atoms with van der Waals surface area (Å²) in [6.45, 7) is 1.75. The molecule has 1 aliphatic heterocycles. The fourth-order valence-electron chi connectivity index (χ4n) is 2.34. The van der Waals surface area contributed by atoms with Crippen LogP contribution in [0.25, 0.3) is 0 Å². The van der Waals surface area contributed by atoms with Crippen LogP contribution in [0.5, 0.6) is 0 Å². The highest BCUT2D eigenvalue weighted by atomic mass is 16.5. The summed E-state index contributed by atoms with van der Waals surface area (Å²) in [6, 6.07) is 9.46. The van der Waals surface area contributed by atoms with E-state index in [2.05, 4.69) is 5.32 Å². The molecule has 2 rings (SSSR count). The second kappa shape index (κ2) is 7.05. The van der Waals surface area contributed by atoms with Gasteiger partial charge in [0, 0.05) is 32.5 Å². The molecule has 0 saturated carbocycles. The van der Waals surface area contributed by atoms with E-state index in [1.54, 1.807) is 12.0 Å². The molecule has 0 unspecified atom stereocenters. The Morgan fingerprint density at radius 3 is 2.85 bits per heavy atom. The van der Waals surface area contributed by atoms with Crippen molar-refractivity contribution >= 4 is 17.5 Å². The van der Waals surface area contributed by atoms with E-state index in [1.165, 1.54) is 0 Å². The van der Waals surface area contributed by atoms with Crippen molar-refractivity contribution in [1.29, 1.82) is 0 Å². The number of nitrogens with zero attached hydrogens (tertiary/aromatic N) is 1. The molecule has 0 aromatic heterocycles. The molecule has 1 aliphatic rings. The van der Waals surface area contributed by atoms with Gasteiger partial charge in [0.15, 0.2) is 0 Å². The third-order valence-corrected chi connectivity index (χ3v) is 3.41. The van der Waals surface area contributed by atoms with Crippen LogP contribution in [0.3, 0.4) is 0 Å². The van der Waals surface area contributed by atoms with Gasteiger partial charge >= 0.3 is 0 Å². The predicted octanol–water partition coefficient (Wildman–Crippen LogP) is 1.19. The van der Waals surface area contributed by atoms with E-state index >= 15 is 0 Å². The van der Waals surface area contributed by atoms with E-state index < -0.39 is 5.92 Å². The summed E-state index contributed by atoms with van der Waals surface area (Å²) in [4.78, 5) is 26.0. The maximum absolute atomic E-state index is 12.3. The molecule has 5 heteroatoms. The molecule has 1 N–H and O–H groups in total. The molecule has 0 spiro atoms. The first-order chi connectivity index (χ1) is 9.74. The lowest BCUT2D eigenvalue weighted by atomic mass is 10.1. The highest BCUT2D eigenvalue weighted by molar-refractivity contribution is 6.09. The summed E-state index contributed by atoms with van der Waals surface area (Å²) in [7, 11) is 1.63. The molecule has 1 fully saturated rings. The van der Waals surface area contributed by atoms with Crippen LogP contribution in [-0.2, 0) is 14.3 Å². The summed E-state index contributed by atoms with van der Waals surface area (Å²) < 4.78 is 4.92. The zero-order valence-electron chi connectivity index (χ0n) is 11.7. The smallest absolute Gasteiger partial charge is 0.239 e. The van der Waals surface area contributed by atoms with E-state index in [0.717, 1.165) is 12.1 Å². The molecule has 5 nitrogen and oxygen atoms in total. The van der Waals surface area contributed by atoms with Gasteiger partial charge in [-0.25, -0.2) is 0 Å². The lowest BCUT2D eigenvalue weighted by Gasteiger charge is -2.16. The minimum atomic E-state index is -0.558. The van der Waals surface area contributed by atoms with Crippen molar-refractivity contribution in [2.45, 2.75) is 12.8 Å². The Hall–Kier alpha value is -1.88. The second-order valence-electron chi connectivity index (χ2n) is 4.80. The highest BCUT2D eigenvalue weighted by Gasteiger charge is 2.37. The Kier molecular flexibility index (Phi) is 5.12. The summed E-state index contributed by atoms with van der Waals surface area (Å²) >= 11 is 0. The monoisotopic (exact) mass is 276 g/mol. The van der Waals surface area contributed by atoms with Gasteiger partial charge in [0.05, 0.1) is 0 Å². The number of nitrogens with one attached hydrogen (secondary N) is 1. The third kappa shape index (κ3) is 3.36. The van der Waals surface area contributed by atoms with Gasteiger partial charge in [-0.1, -0.05) is 18.2 Å². The van der Waals surface area contributed by atoms with E-state index in [0.29, 0.717) is 26.1 Å². The average molecular weight is 276 g/mol. The Balaban J connectivity index is 1.89. The first-order valence-corrected chi connectivity index (χ1v) is 6.87. The second-order valence-corrected chi connectivity index (χ2v) is 4.80. The Labute approximate surface area is 118 Å². The van der Waals surface area contributed by atoms with Crippen molar-refractivity contribution in [1.82, 2.24) is 5.32 Å². The minimum absolute atomic E-state index is 0.111. The minimum Gasteiger partial charge on any atom is -0.385 e. The maximum Gasteiger partial charge on any atom is 0.239 e. The average Bonchev–Trinajstić information content (AvgIpc) is 2.86. The molecule has 1 aromatic carbocycles. The third-order valence-electron chi connectivity index (χ3n) is 3.41. The zero-order chi connectivity index (χ0) is 14.4. The zero-order valence-corrected chi connectivity index (χ0v) is 11.7. The van der Waals surface area contributed by atoms with Gasteiger partial charge in [-0.05, 0) is 25.0 Å². The van der Waals surface area contributed by atoms with Crippen LogP contribution in [0, 0.1) is 5.92 Å². The largest absolute Gasteiger partial charge is 0.385 e. The van der Waals surface area contributed by atoms with Gasteiger partial charge in [-0.15, -0.1) is 0 Å². The molecule has 0 aliphatic carbocycles. The number of para-hydroxylation sites is 1. The number of ether oxygens (including phenoxy) is 1. The number of rotatable bonds is 6. The molecular formula is C15H20N2O3. The Morgan fingerprint density at radius 1 is 1.40 bits per heavy atom. The molecule has 1 saturated heterocycles.